The molecular weight excluding hydrogens is 422 g/mol. The van der Waals surface area contributed by atoms with Crippen molar-refractivity contribution in [1.29, 1.82) is 0 Å². The fraction of sp³-hybridized carbons (Fsp3) is 0.417. The predicted octanol–water partition coefficient (Wildman–Crippen LogP) is 3.04. The van der Waals surface area contributed by atoms with Gasteiger partial charge in [-0.15, -0.1) is 0 Å². The van der Waals surface area contributed by atoms with Crippen molar-refractivity contribution in [2.45, 2.75) is 44.6 Å². The molecule has 33 heavy (non-hydrogen) atoms. The molecule has 0 fully saturated rings. The highest BCUT2D eigenvalue weighted by molar-refractivity contribution is 5.68. The van der Waals surface area contributed by atoms with Crippen molar-refractivity contribution >= 4 is 11.8 Å². The highest BCUT2D eigenvalue weighted by atomic mass is 16.6. The maximum absolute atomic E-state index is 11.6. The van der Waals surface area contributed by atoms with E-state index in [2.05, 4.69) is 27.5 Å². The monoisotopic (exact) mass is 449 g/mol. The first-order valence-corrected chi connectivity index (χ1v) is 11.4. The average molecular weight is 450 g/mol. The summed E-state index contributed by atoms with van der Waals surface area (Å²) in [6.45, 7) is 1.89. The van der Waals surface area contributed by atoms with Crippen LogP contribution >= 0.6 is 0 Å². The summed E-state index contributed by atoms with van der Waals surface area (Å²) in [7, 11) is 0. The quantitative estimate of drug-likeness (QED) is 0.540. The Morgan fingerprint density at radius 2 is 2.06 bits per heavy atom. The highest BCUT2D eigenvalue weighted by Crippen LogP contribution is 2.32. The molecule has 5 heterocycles. The van der Waals surface area contributed by atoms with Crippen LogP contribution in [0, 0.1) is 0 Å². The smallest absolute Gasteiger partial charge is 0.305 e. The van der Waals surface area contributed by atoms with E-state index >= 15 is 0 Å². The summed E-state index contributed by atoms with van der Waals surface area (Å²) in [4.78, 5) is 20.6. The van der Waals surface area contributed by atoms with Gasteiger partial charge in [-0.25, -0.2) is 9.97 Å². The third-order valence-electron chi connectivity index (χ3n) is 5.97. The Bertz CT molecular complexity index is 1150. The maximum atomic E-state index is 11.6. The standard InChI is InChI=1S/C24H27N5O4/c30-22(31)14-20(17-13-21-24(26-15-17)33-12-11-32-21)29-10-8-19(28-29)5-1-4-18-7-6-16-3-2-9-25-23(16)27-18/h6-8,10,13,15,20H,1-5,9,11-12,14H2,(H,25,27)(H,30,31)/t20-/m0/s1. The second-order valence-corrected chi connectivity index (χ2v) is 8.36. The van der Waals surface area contributed by atoms with E-state index in [0.29, 0.717) is 24.8 Å². The molecule has 5 rings (SSSR count). The van der Waals surface area contributed by atoms with Gasteiger partial charge in [-0.3, -0.25) is 9.48 Å². The summed E-state index contributed by atoms with van der Waals surface area (Å²) in [5.74, 6) is 1.09. The number of ether oxygens (including phenoxy) is 2. The van der Waals surface area contributed by atoms with Gasteiger partial charge in [-0.05, 0) is 61.4 Å². The SMILES string of the molecule is O=C(O)C[C@@H](c1cnc2c(c1)OCCO2)n1ccc(CCCc2ccc3c(n2)NCCC3)n1. The van der Waals surface area contributed by atoms with Crippen molar-refractivity contribution in [2.24, 2.45) is 0 Å². The van der Waals surface area contributed by atoms with Crippen LogP contribution in [0.1, 0.15) is 47.8 Å². The molecule has 0 aromatic carbocycles. The van der Waals surface area contributed by atoms with Gasteiger partial charge >= 0.3 is 5.97 Å². The molecule has 0 aliphatic carbocycles. The lowest BCUT2D eigenvalue weighted by Crippen LogP contribution is -2.19. The number of aliphatic carboxylic acids is 1. The van der Waals surface area contributed by atoms with Gasteiger partial charge in [0.1, 0.15) is 19.0 Å². The number of anilines is 1. The minimum atomic E-state index is -0.904. The van der Waals surface area contributed by atoms with Gasteiger partial charge < -0.3 is 19.9 Å². The minimum Gasteiger partial charge on any atom is -0.484 e. The molecule has 172 valence electrons. The first-order chi connectivity index (χ1) is 16.2. The number of nitrogens with zero attached hydrogens (tertiary/aromatic N) is 4. The first kappa shape index (κ1) is 21.2. The molecule has 0 radical (unpaired) electrons. The number of carboxylic acids is 1. The molecule has 2 aliphatic heterocycles. The van der Waals surface area contributed by atoms with E-state index in [1.54, 1.807) is 16.9 Å². The third-order valence-corrected chi connectivity index (χ3v) is 5.97. The van der Waals surface area contributed by atoms with E-state index in [4.69, 9.17) is 14.5 Å². The minimum absolute atomic E-state index is 0.103. The van der Waals surface area contributed by atoms with Crippen molar-refractivity contribution in [3.05, 3.63) is 59.2 Å². The maximum Gasteiger partial charge on any atom is 0.305 e. The van der Waals surface area contributed by atoms with Crippen LogP contribution in [-0.2, 0) is 24.1 Å². The number of aryl methyl sites for hydroxylation is 3. The largest absolute Gasteiger partial charge is 0.484 e. The van der Waals surface area contributed by atoms with Crippen LogP contribution in [-0.4, -0.2) is 50.6 Å². The number of nitrogens with one attached hydrogen (secondary N) is 1. The van der Waals surface area contributed by atoms with Crippen LogP contribution in [0.4, 0.5) is 5.82 Å². The lowest BCUT2D eigenvalue weighted by molar-refractivity contribution is -0.137. The zero-order valence-electron chi connectivity index (χ0n) is 18.4. The average Bonchev–Trinajstić information content (AvgIpc) is 3.30. The van der Waals surface area contributed by atoms with E-state index in [-0.39, 0.29) is 6.42 Å². The number of fused-ring (bicyclic) bond motifs is 2. The molecule has 2 N–H and O–H groups in total. The van der Waals surface area contributed by atoms with Gasteiger partial charge in [0.05, 0.1) is 18.2 Å². The molecule has 1 atom stereocenters. The Morgan fingerprint density at radius 1 is 1.18 bits per heavy atom. The molecule has 3 aromatic rings. The summed E-state index contributed by atoms with van der Waals surface area (Å²) < 4.78 is 12.8. The Kier molecular flexibility index (Phi) is 6.10. The summed E-state index contributed by atoms with van der Waals surface area (Å²) in [5.41, 5.74) is 4.02. The van der Waals surface area contributed by atoms with Crippen molar-refractivity contribution < 1.29 is 19.4 Å². The molecule has 0 saturated carbocycles. The molecule has 0 bridgehead atoms. The number of pyridine rings is 2. The van der Waals surface area contributed by atoms with Gasteiger partial charge in [0.25, 0.3) is 5.88 Å². The van der Waals surface area contributed by atoms with Crippen LogP contribution < -0.4 is 14.8 Å². The van der Waals surface area contributed by atoms with Crippen molar-refractivity contribution in [1.82, 2.24) is 19.7 Å². The van der Waals surface area contributed by atoms with Crippen LogP contribution in [0.15, 0.2) is 36.7 Å². The molecule has 0 saturated heterocycles. The Hall–Kier alpha value is -3.62. The molecule has 9 nitrogen and oxygen atoms in total. The number of carboxylic acid groups (broad SMARTS) is 1. The van der Waals surface area contributed by atoms with E-state index in [0.717, 1.165) is 61.4 Å². The first-order valence-electron chi connectivity index (χ1n) is 11.4. The molecule has 0 spiro atoms. The van der Waals surface area contributed by atoms with Crippen molar-refractivity contribution in [3.8, 4) is 11.6 Å². The van der Waals surface area contributed by atoms with E-state index in [9.17, 15) is 9.90 Å². The number of rotatable bonds is 8. The van der Waals surface area contributed by atoms with Crippen molar-refractivity contribution in [3.63, 3.8) is 0 Å². The molecule has 0 amide bonds. The zero-order chi connectivity index (χ0) is 22.6. The Morgan fingerprint density at radius 3 is 2.97 bits per heavy atom. The molecule has 2 aliphatic rings. The third kappa shape index (κ3) is 4.92. The molecular formula is C24H27N5O4. The van der Waals surface area contributed by atoms with E-state index in [1.165, 1.54) is 5.56 Å². The fourth-order valence-corrected chi connectivity index (χ4v) is 4.30. The summed E-state index contributed by atoms with van der Waals surface area (Å²) in [6, 6.07) is 7.56. The lowest BCUT2D eigenvalue weighted by atomic mass is 10.1. The van der Waals surface area contributed by atoms with Gasteiger partial charge in [0, 0.05) is 24.6 Å². The number of aromatic nitrogens is 4. The van der Waals surface area contributed by atoms with Crippen LogP contribution in [0.5, 0.6) is 11.6 Å². The Labute approximate surface area is 191 Å². The van der Waals surface area contributed by atoms with E-state index in [1.807, 2.05) is 12.3 Å². The fourth-order valence-electron chi connectivity index (χ4n) is 4.30. The van der Waals surface area contributed by atoms with Gasteiger partial charge in [-0.1, -0.05) is 6.07 Å². The van der Waals surface area contributed by atoms with E-state index < -0.39 is 12.0 Å². The Balaban J connectivity index is 1.26. The van der Waals surface area contributed by atoms with Gasteiger partial charge in [0.2, 0.25) is 0 Å². The molecule has 0 unspecified atom stereocenters. The zero-order valence-corrected chi connectivity index (χ0v) is 18.4. The van der Waals surface area contributed by atoms with Crippen molar-refractivity contribution in [2.75, 3.05) is 25.1 Å². The molecule has 9 heteroatoms. The van der Waals surface area contributed by atoms with Crippen LogP contribution in [0.3, 0.4) is 0 Å². The number of carbonyl (C=O) groups is 1. The summed E-state index contributed by atoms with van der Waals surface area (Å²) in [6.07, 6.45) is 8.18. The molecule has 3 aromatic heterocycles. The summed E-state index contributed by atoms with van der Waals surface area (Å²) >= 11 is 0. The summed E-state index contributed by atoms with van der Waals surface area (Å²) in [5, 5.41) is 17.5. The van der Waals surface area contributed by atoms with Crippen LogP contribution in [0.2, 0.25) is 0 Å². The van der Waals surface area contributed by atoms with Crippen LogP contribution in [0.25, 0.3) is 0 Å². The topological polar surface area (TPSA) is 111 Å². The lowest BCUT2D eigenvalue weighted by Gasteiger charge is -2.21. The normalized spacial score (nSPS) is 15.4. The number of hydrogen-bond acceptors (Lipinski definition) is 7. The van der Waals surface area contributed by atoms with Gasteiger partial charge in [0.15, 0.2) is 5.75 Å². The second-order valence-electron chi connectivity index (χ2n) is 8.36. The van der Waals surface area contributed by atoms with Gasteiger partial charge in [-0.2, -0.15) is 5.10 Å². The highest BCUT2D eigenvalue weighted by Gasteiger charge is 2.23. The second kappa shape index (κ2) is 9.48. The number of hydrogen-bond donors (Lipinski definition) is 2. The predicted molar refractivity (Wildman–Crippen MR) is 121 cm³/mol.